The van der Waals surface area contributed by atoms with Crippen molar-refractivity contribution >= 4 is 0 Å². The van der Waals surface area contributed by atoms with Gasteiger partial charge >= 0.3 is 0 Å². The number of hydrogen-bond acceptors (Lipinski definition) is 3. The van der Waals surface area contributed by atoms with Gasteiger partial charge in [-0.2, -0.15) is 5.10 Å². The zero-order valence-electron chi connectivity index (χ0n) is 10.7. The highest BCUT2D eigenvalue weighted by Crippen LogP contribution is 2.16. The lowest BCUT2D eigenvalue weighted by atomic mass is 10.1. The van der Waals surface area contributed by atoms with E-state index in [2.05, 4.69) is 16.6 Å². The quantitative estimate of drug-likeness (QED) is 0.731. The molecule has 0 bridgehead atoms. The Balaban J connectivity index is 1.46. The average Bonchev–Trinajstić information content (AvgIpc) is 2.95. The number of aryl methyl sites for hydroxylation is 1. The predicted octanol–water partition coefficient (Wildman–Crippen LogP) is 1.51. The van der Waals surface area contributed by atoms with Crippen molar-refractivity contribution in [2.45, 2.75) is 38.2 Å². The fourth-order valence-electron chi connectivity index (χ4n) is 2.29. The summed E-state index contributed by atoms with van der Waals surface area (Å²) in [7, 11) is 1.96. The first-order valence-electron chi connectivity index (χ1n) is 6.64. The summed E-state index contributed by atoms with van der Waals surface area (Å²) in [5.41, 5.74) is 1.30. The maximum Gasteiger partial charge on any atom is 0.0576 e. The summed E-state index contributed by atoms with van der Waals surface area (Å²) in [6.07, 6.45) is 10.6. The molecule has 1 aromatic rings. The number of ether oxygens (including phenoxy) is 1. The van der Waals surface area contributed by atoms with E-state index >= 15 is 0 Å². The molecule has 96 valence electrons. The lowest BCUT2D eigenvalue weighted by molar-refractivity contribution is 0.102. The summed E-state index contributed by atoms with van der Waals surface area (Å²) >= 11 is 0. The number of aromatic nitrogens is 2. The zero-order chi connectivity index (χ0) is 11.9. The van der Waals surface area contributed by atoms with Crippen LogP contribution < -0.4 is 5.32 Å². The molecule has 1 fully saturated rings. The Kier molecular flexibility index (Phi) is 5.01. The van der Waals surface area contributed by atoms with Gasteiger partial charge in [-0.05, 0) is 50.8 Å². The second-order valence-corrected chi connectivity index (χ2v) is 4.80. The number of nitrogens with one attached hydrogen (secondary N) is 1. The lowest BCUT2D eigenvalue weighted by Gasteiger charge is -2.09. The molecule has 0 spiro atoms. The van der Waals surface area contributed by atoms with Crippen LogP contribution in [0.1, 0.15) is 31.2 Å². The van der Waals surface area contributed by atoms with Crippen LogP contribution in [0.5, 0.6) is 0 Å². The molecule has 1 saturated heterocycles. The Hall–Kier alpha value is -0.870. The summed E-state index contributed by atoms with van der Waals surface area (Å²) in [4.78, 5) is 0. The van der Waals surface area contributed by atoms with Gasteiger partial charge in [0.05, 0.1) is 12.3 Å². The molecule has 1 N–H and O–H groups in total. The van der Waals surface area contributed by atoms with Crippen LogP contribution in [0, 0.1) is 0 Å². The van der Waals surface area contributed by atoms with Crippen LogP contribution in [-0.2, 0) is 18.2 Å². The van der Waals surface area contributed by atoms with Crippen LogP contribution in [0.15, 0.2) is 12.4 Å². The van der Waals surface area contributed by atoms with Gasteiger partial charge in [0.2, 0.25) is 0 Å². The van der Waals surface area contributed by atoms with Crippen LogP contribution in [-0.4, -0.2) is 35.6 Å². The third-order valence-electron chi connectivity index (χ3n) is 3.25. The molecule has 2 rings (SSSR count). The van der Waals surface area contributed by atoms with Gasteiger partial charge in [0.25, 0.3) is 0 Å². The molecule has 1 aliphatic heterocycles. The molecule has 4 nitrogen and oxygen atoms in total. The van der Waals surface area contributed by atoms with E-state index in [0.717, 1.165) is 26.1 Å². The van der Waals surface area contributed by atoms with Crippen molar-refractivity contribution in [3.05, 3.63) is 18.0 Å². The van der Waals surface area contributed by atoms with E-state index in [9.17, 15) is 0 Å². The molecule has 1 aliphatic rings. The van der Waals surface area contributed by atoms with Crippen molar-refractivity contribution in [1.82, 2.24) is 15.1 Å². The minimum atomic E-state index is 0.537. The van der Waals surface area contributed by atoms with Gasteiger partial charge in [-0.15, -0.1) is 0 Å². The molecule has 1 unspecified atom stereocenters. The normalized spacial score (nSPS) is 19.9. The van der Waals surface area contributed by atoms with Crippen molar-refractivity contribution in [2.75, 3.05) is 19.7 Å². The van der Waals surface area contributed by atoms with Crippen LogP contribution in [0.3, 0.4) is 0 Å². The van der Waals surface area contributed by atoms with E-state index in [1.807, 2.05) is 17.9 Å². The van der Waals surface area contributed by atoms with E-state index in [0.29, 0.717) is 6.10 Å². The molecule has 1 atom stereocenters. The van der Waals surface area contributed by atoms with Crippen LogP contribution in [0.2, 0.25) is 0 Å². The number of nitrogens with zero attached hydrogens (tertiary/aromatic N) is 2. The van der Waals surface area contributed by atoms with Crippen molar-refractivity contribution in [3.63, 3.8) is 0 Å². The van der Waals surface area contributed by atoms with E-state index in [4.69, 9.17) is 4.74 Å². The Bertz CT molecular complexity index is 318. The molecule has 17 heavy (non-hydrogen) atoms. The van der Waals surface area contributed by atoms with Gasteiger partial charge in [0.15, 0.2) is 0 Å². The van der Waals surface area contributed by atoms with Crippen LogP contribution in [0.25, 0.3) is 0 Å². The maximum absolute atomic E-state index is 5.59. The van der Waals surface area contributed by atoms with Crippen LogP contribution in [0.4, 0.5) is 0 Å². The molecule has 2 heterocycles. The second-order valence-electron chi connectivity index (χ2n) is 4.80. The summed E-state index contributed by atoms with van der Waals surface area (Å²) in [5, 5.41) is 7.63. The Morgan fingerprint density at radius 2 is 2.47 bits per heavy atom. The van der Waals surface area contributed by atoms with Crippen molar-refractivity contribution in [1.29, 1.82) is 0 Å². The first kappa shape index (κ1) is 12.6. The predicted molar refractivity (Wildman–Crippen MR) is 68.0 cm³/mol. The van der Waals surface area contributed by atoms with Gasteiger partial charge < -0.3 is 10.1 Å². The standard InChI is InChI=1S/C13H23N3O/c1-16-11-12(10-15-16)6-8-14-7-2-4-13-5-3-9-17-13/h10-11,13-14H,2-9H2,1H3. The van der Waals surface area contributed by atoms with E-state index < -0.39 is 0 Å². The fraction of sp³-hybridized carbons (Fsp3) is 0.769. The lowest BCUT2D eigenvalue weighted by Crippen LogP contribution is -2.19. The third-order valence-corrected chi connectivity index (χ3v) is 3.25. The van der Waals surface area contributed by atoms with Gasteiger partial charge in [0, 0.05) is 19.9 Å². The Morgan fingerprint density at radius 1 is 1.53 bits per heavy atom. The molecule has 4 heteroatoms. The van der Waals surface area contributed by atoms with E-state index in [-0.39, 0.29) is 0 Å². The summed E-state index contributed by atoms with van der Waals surface area (Å²) < 4.78 is 7.45. The smallest absolute Gasteiger partial charge is 0.0576 e. The summed E-state index contributed by atoms with van der Waals surface area (Å²) in [6, 6.07) is 0. The fourth-order valence-corrected chi connectivity index (χ4v) is 2.29. The largest absolute Gasteiger partial charge is 0.378 e. The minimum Gasteiger partial charge on any atom is -0.378 e. The Labute approximate surface area is 103 Å². The molecule has 1 aromatic heterocycles. The highest BCUT2D eigenvalue weighted by molar-refractivity contribution is 5.03. The first-order chi connectivity index (χ1) is 8.34. The Morgan fingerprint density at radius 3 is 3.18 bits per heavy atom. The molecular formula is C13H23N3O. The van der Waals surface area contributed by atoms with Crippen molar-refractivity contribution < 1.29 is 4.74 Å². The zero-order valence-corrected chi connectivity index (χ0v) is 10.7. The molecular weight excluding hydrogens is 214 g/mol. The molecule has 0 amide bonds. The first-order valence-corrected chi connectivity index (χ1v) is 6.64. The van der Waals surface area contributed by atoms with Gasteiger partial charge in [-0.1, -0.05) is 0 Å². The highest BCUT2D eigenvalue weighted by Gasteiger charge is 2.14. The second kappa shape index (κ2) is 6.77. The average molecular weight is 237 g/mol. The van der Waals surface area contributed by atoms with Gasteiger partial charge in [0.1, 0.15) is 0 Å². The van der Waals surface area contributed by atoms with Gasteiger partial charge in [-0.3, -0.25) is 4.68 Å². The third kappa shape index (κ3) is 4.48. The molecule has 0 aromatic carbocycles. The maximum atomic E-state index is 5.59. The van der Waals surface area contributed by atoms with E-state index in [1.54, 1.807) is 0 Å². The minimum absolute atomic E-state index is 0.537. The van der Waals surface area contributed by atoms with Crippen molar-refractivity contribution in [3.8, 4) is 0 Å². The number of hydrogen-bond donors (Lipinski definition) is 1. The number of rotatable bonds is 7. The van der Waals surface area contributed by atoms with Crippen LogP contribution >= 0.6 is 0 Å². The van der Waals surface area contributed by atoms with Crippen molar-refractivity contribution in [2.24, 2.45) is 7.05 Å². The van der Waals surface area contributed by atoms with E-state index in [1.165, 1.54) is 31.2 Å². The highest BCUT2D eigenvalue weighted by atomic mass is 16.5. The summed E-state index contributed by atoms with van der Waals surface area (Å²) in [6.45, 7) is 3.11. The molecule has 0 radical (unpaired) electrons. The van der Waals surface area contributed by atoms with Gasteiger partial charge in [-0.25, -0.2) is 0 Å². The SMILES string of the molecule is Cn1cc(CCNCCCC2CCCO2)cn1. The topological polar surface area (TPSA) is 39.1 Å². The summed E-state index contributed by atoms with van der Waals surface area (Å²) in [5.74, 6) is 0. The monoisotopic (exact) mass is 237 g/mol. The molecule has 0 saturated carbocycles. The molecule has 0 aliphatic carbocycles.